The molecule has 0 aliphatic rings. The maximum Gasteiger partial charge on any atom is 0.389 e. The van der Waals surface area contributed by atoms with Gasteiger partial charge in [0.05, 0.1) is 0 Å². The summed E-state index contributed by atoms with van der Waals surface area (Å²) in [6.07, 6.45) is -3.37. The Labute approximate surface area is 116 Å². The fraction of sp³-hybridized carbons (Fsp3) is 0.667. The zero-order valence-corrected chi connectivity index (χ0v) is 11.6. The zero-order valence-electron chi connectivity index (χ0n) is 11.6. The third-order valence-electron chi connectivity index (χ3n) is 2.73. The summed E-state index contributed by atoms with van der Waals surface area (Å²) in [5.41, 5.74) is 3.17. The zero-order chi connectivity index (χ0) is 15.2. The number of nitrogen functional groups attached to an aromatic ring is 1. The lowest BCUT2D eigenvalue weighted by molar-refractivity contribution is -0.134. The van der Waals surface area contributed by atoms with Crippen LogP contribution in [0, 0.1) is 6.92 Å². The highest BCUT2D eigenvalue weighted by molar-refractivity contribution is 5.56. The molecule has 1 aromatic heterocycles. The molecular formula is C12H20F3N5. The van der Waals surface area contributed by atoms with E-state index in [0.29, 0.717) is 29.4 Å². The number of hydrogen-bond acceptors (Lipinski definition) is 5. The highest BCUT2D eigenvalue weighted by Gasteiger charge is 2.25. The molecule has 0 aliphatic carbocycles. The van der Waals surface area contributed by atoms with Crippen LogP contribution in [0.15, 0.2) is 0 Å². The Hall–Kier alpha value is -1.57. The summed E-state index contributed by atoms with van der Waals surface area (Å²) in [5, 5.41) is 2.91. The average molecular weight is 291 g/mol. The molecule has 0 atom stereocenters. The summed E-state index contributed by atoms with van der Waals surface area (Å²) in [4.78, 5) is 8.55. The lowest BCUT2D eigenvalue weighted by Crippen LogP contribution is -2.16. The second-order valence-electron chi connectivity index (χ2n) is 4.50. The molecule has 1 aromatic rings. The van der Waals surface area contributed by atoms with Gasteiger partial charge in [-0.25, -0.2) is 15.8 Å². The molecule has 0 bridgehead atoms. The first kappa shape index (κ1) is 16.5. The molecule has 0 aromatic carbocycles. The predicted molar refractivity (Wildman–Crippen MR) is 72.4 cm³/mol. The molecule has 5 nitrogen and oxygen atoms in total. The molecule has 1 heterocycles. The Morgan fingerprint density at radius 2 is 1.85 bits per heavy atom. The number of halogens is 3. The van der Waals surface area contributed by atoms with Gasteiger partial charge in [-0.05, 0) is 19.8 Å². The van der Waals surface area contributed by atoms with Gasteiger partial charge in [-0.1, -0.05) is 6.92 Å². The van der Waals surface area contributed by atoms with Crippen LogP contribution >= 0.6 is 0 Å². The van der Waals surface area contributed by atoms with Crippen molar-refractivity contribution in [3.05, 3.63) is 11.4 Å². The first-order chi connectivity index (χ1) is 9.37. The number of rotatable bonds is 7. The van der Waals surface area contributed by atoms with Crippen LogP contribution in [0.5, 0.6) is 0 Å². The number of nitrogens with one attached hydrogen (secondary N) is 2. The fourth-order valence-corrected chi connectivity index (χ4v) is 1.71. The Kier molecular flexibility index (Phi) is 6.00. The van der Waals surface area contributed by atoms with Gasteiger partial charge in [0.15, 0.2) is 0 Å². The van der Waals surface area contributed by atoms with E-state index in [1.54, 1.807) is 6.92 Å². The van der Waals surface area contributed by atoms with Crippen molar-refractivity contribution in [2.75, 3.05) is 17.3 Å². The molecule has 20 heavy (non-hydrogen) atoms. The van der Waals surface area contributed by atoms with E-state index in [0.717, 1.165) is 6.42 Å². The van der Waals surface area contributed by atoms with Crippen molar-refractivity contribution in [3.63, 3.8) is 0 Å². The van der Waals surface area contributed by atoms with Gasteiger partial charge in [-0.15, -0.1) is 0 Å². The maximum atomic E-state index is 12.1. The predicted octanol–water partition coefficient (Wildman–Crippen LogP) is 2.78. The van der Waals surface area contributed by atoms with E-state index < -0.39 is 12.6 Å². The quantitative estimate of drug-likeness (QED) is 0.409. The molecule has 0 radical (unpaired) electrons. The summed E-state index contributed by atoms with van der Waals surface area (Å²) in [5.74, 6) is 7.01. The highest BCUT2D eigenvalue weighted by Crippen LogP contribution is 2.22. The lowest BCUT2D eigenvalue weighted by Gasteiger charge is -2.13. The Morgan fingerprint density at radius 3 is 2.40 bits per heavy atom. The number of nitrogens with zero attached hydrogens (tertiary/aromatic N) is 2. The highest BCUT2D eigenvalue weighted by atomic mass is 19.4. The number of nitrogens with two attached hydrogens (primary N) is 1. The van der Waals surface area contributed by atoms with Crippen LogP contribution in [-0.2, 0) is 6.42 Å². The van der Waals surface area contributed by atoms with E-state index in [1.165, 1.54) is 0 Å². The average Bonchev–Trinajstić information content (AvgIpc) is 2.36. The number of alkyl halides is 3. The van der Waals surface area contributed by atoms with Crippen molar-refractivity contribution in [1.29, 1.82) is 0 Å². The van der Waals surface area contributed by atoms with Crippen LogP contribution in [0.4, 0.5) is 24.8 Å². The Balaban J connectivity index is 2.70. The maximum absolute atomic E-state index is 12.1. The van der Waals surface area contributed by atoms with Gasteiger partial charge in [0, 0.05) is 24.9 Å². The van der Waals surface area contributed by atoms with Gasteiger partial charge in [0.1, 0.15) is 17.5 Å². The number of aromatic nitrogens is 2. The first-order valence-electron chi connectivity index (χ1n) is 6.52. The second kappa shape index (κ2) is 7.28. The molecule has 0 fully saturated rings. The van der Waals surface area contributed by atoms with Gasteiger partial charge in [-0.3, -0.25) is 0 Å². The molecule has 0 amide bonds. The van der Waals surface area contributed by atoms with Crippen molar-refractivity contribution < 1.29 is 13.2 Å². The number of aryl methyl sites for hydroxylation is 1. The third kappa shape index (κ3) is 5.20. The largest absolute Gasteiger partial charge is 0.389 e. The minimum Gasteiger partial charge on any atom is -0.370 e. The van der Waals surface area contributed by atoms with Crippen LogP contribution in [-0.4, -0.2) is 22.7 Å². The van der Waals surface area contributed by atoms with Crippen LogP contribution < -0.4 is 16.6 Å². The van der Waals surface area contributed by atoms with E-state index in [9.17, 15) is 13.2 Å². The molecule has 0 unspecified atom stereocenters. The molecule has 0 saturated heterocycles. The Morgan fingerprint density at radius 1 is 1.20 bits per heavy atom. The lowest BCUT2D eigenvalue weighted by atomic mass is 10.2. The van der Waals surface area contributed by atoms with Crippen molar-refractivity contribution in [2.24, 2.45) is 5.84 Å². The molecule has 114 valence electrons. The summed E-state index contributed by atoms with van der Waals surface area (Å²) >= 11 is 0. The minimum absolute atomic E-state index is 0.00143. The number of anilines is 2. The number of hydrogen-bond donors (Lipinski definition) is 3. The minimum atomic E-state index is -4.13. The molecule has 0 saturated carbocycles. The number of hydrazine groups is 1. The summed E-state index contributed by atoms with van der Waals surface area (Å²) < 4.78 is 36.2. The summed E-state index contributed by atoms with van der Waals surface area (Å²) in [6, 6.07) is 0. The van der Waals surface area contributed by atoms with E-state index in [4.69, 9.17) is 5.84 Å². The second-order valence-corrected chi connectivity index (χ2v) is 4.50. The van der Waals surface area contributed by atoms with Gasteiger partial charge >= 0.3 is 6.18 Å². The smallest absolute Gasteiger partial charge is 0.370 e. The van der Waals surface area contributed by atoms with Crippen molar-refractivity contribution >= 4 is 11.6 Å². The van der Waals surface area contributed by atoms with Gasteiger partial charge < -0.3 is 10.7 Å². The van der Waals surface area contributed by atoms with E-state index in [-0.39, 0.29) is 13.0 Å². The topological polar surface area (TPSA) is 75.9 Å². The summed E-state index contributed by atoms with van der Waals surface area (Å²) in [6.45, 7) is 3.96. The molecule has 0 spiro atoms. The van der Waals surface area contributed by atoms with Crippen LogP contribution in [0.3, 0.4) is 0 Å². The van der Waals surface area contributed by atoms with E-state index in [1.807, 2.05) is 6.92 Å². The fourth-order valence-electron chi connectivity index (χ4n) is 1.71. The molecule has 8 heteroatoms. The van der Waals surface area contributed by atoms with Crippen LogP contribution in [0.2, 0.25) is 0 Å². The Bertz CT molecular complexity index is 434. The van der Waals surface area contributed by atoms with E-state index >= 15 is 0 Å². The van der Waals surface area contributed by atoms with Crippen LogP contribution in [0.1, 0.15) is 37.6 Å². The third-order valence-corrected chi connectivity index (χ3v) is 2.73. The van der Waals surface area contributed by atoms with Gasteiger partial charge in [0.2, 0.25) is 0 Å². The van der Waals surface area contributed by atoms with Gasteiger partial charge in [0.25, 0.3) is 0 Å². The SMILES string of the molecule is CCCc1nc(NN)c(C)c(NCCCC(F)(F)F)n1. The van der Waals surface area contributed by atoms with Crippen LogP contribution in [0.25, 0.3) is 0 Å². The monoisotopic (exact) mass is 291 g/mol. The summed E-state index contributed by atoms with van der Waals surface area (Å²) in [7, 11) is 0. The molecule has 0 aliphatic heterocycles. The van der Waals surface area contributed by atoms with Crippen molar-refractivity contribution in [3.8, 4) is 0 Å². The van der Waals surface area contributed by atoms with E-state index in [2.05, 4.69) is 20.7 Å². The van der Waals surface area contributed by atoms with Crippen molar-refractivity contribution in [2.45, 2.75) is 45.7 Å². The van der Waals surface area contributed by atoms with Gasteiger partial charge in [-0.2, -0.15) is 13.2 Å². The molecule has 4 N–H and O–H groups in total. The molecular weight excluding hydrogens is 271 g/mol. The van der Waals surface area contributed by atoms with Crippen molar-refractivity contribution in [1.82, 2.24) is 9.97 Å². The normalized spacial score (nSPS) is 11.5. The first-order valence-corrected chi connectivity index (χ1v) is 6.52. The molecule has 1 rings (SSSR count). The standard InChI is InChI=1S/C12H20F3N5/c1-3-5-9-18-10(8(2)11(19-9)20-16)17-7-4-6-12(13,14)15/h3-7,16H2,1-2H3,(H2,17,18,19,20).